The largest absolute Gasteiger partial charge is 0.350 e. The summed E-state index contributed by atoms with van der Waals surface area (Å²) in [5, 5.41) is 9.92. The predicted octanol–water partition coefficient (Wildman–Crippen LogP) is 2.42. The molecule has 1 aliphatic heterocycles. The lowest BCUT2D eigenvalue weighted by Crippen LogP contribution is -2.62. The van der Waals surface area contributed by atoms with Crippen LogP contribution in [0.4, 0.5) is 4.39 Å². The van der Waals surface area contributed by atoms with Gasteiger partial charge in [-0.3, -0.25) is 19.1 Å². The molecule has 0 saturated carbocycles. The molecule has 2 N–H and O–H groups in total. The van der Waals surface area contributed by atoms with E-state index >= 15 is 0 Å². The Kier molecular flexibility index (Phi) is 6.19. The van der Waals surface area contributed by atoms with Crippen molar-refractivity contribution in [2.24, 2.45) is 0 Å². The topological polar surface area (TPSA) is 96.3 Å². The van der Waals surface area contributed by atoms with Crippen molar-refractivity contribution in [3.05, 3.63) is 88.5 Å². The number of hydrogen-bond acceptors (Lipinski definition) is 4. The smallest absolute Gasteiger partial charge is 0.272 e. The molecular formula is C25H26FN5O3. The Bertz CT molecular complexity index is 1240. The number of carbonyl (C=O) groups is 3. The van der Waals surface area contributed by atoms with Crippen molar-refractivity contribution in [1.82, 2.24) is 25.3 Å². The molecule has 0 bridgehead atoms. The second-order valence-corrected chi connectivity index (χ2v) is 8.69. The maximum absolute atomic E-state index is 13.1. The SMILES string of the molecule is Cc1ccc(CNC(=O)c2cc3n(n2)C[C@](C)(C(=O)NCc2ccc(F)cc2)N(C)C3=O)cc1. The van der Waals surface area contributed by atoms with Crippen LogP contribution in [-0.4, -0.2) is 45.0 Å². The van der Waals surface area contributed by atoms with E-state index in [9.17, 15) is 18.8 Å². The van der Waals surface area contributed by atoms with Crippen LogP contribution >= 0.6 is 0 Å². The Hall–Kier alpha value is -4.01. The number of fused-ring (bicyclic) bond motifs is 1. The van der Waals surface area contributed by atoms with Gasteiger partial charge in [-0.2, -0.15) is 5.10 Å². The van der Waals surface area contributed by atoms with Crippen LogP contribution in [0.5, 0.6) is 0 Å². The summed E-state index contributed by atoms with van der Waals surface area (Å²) >= 11 is 0. The highest BCUT2D eigenvalue weighted by atomic mass is 19.1. The number of aryl methyl sites for hydroxylation is 1. The van der Waals surface area contributed by atoms with Crippen LogP contribution in [0.2, 0.25) is 0 Å². The fraction of sp³-hybridized carbons (Fsp3) is 0.280. The third-order valence-electron chi connectivity index (χ3n) is 6.16. The van der Waals surface area contributed by atoms with Crippen molar-refractivity contribution in [3.63, 3.8) is 0 Å². The average Bonchev–Trinajstić information content (AvgIpc) is 3.25. The number of rotatable bonds is 6. The van der Waals surface area contributed by atoms with E-state index in [0.717, 1.165) is 16.7 Å². The number of nitrogens with one attached hydrogen (secondary N) is 2. The zero-order valence-corrected chi connectivity index (χ0v) is 19.3. The second kappa shape index (κ2) is 9.09. The van der Waals surface area contributed by atoms with Crippen molar-refractivity contribution in [3.8, 4) is 0 Å². The van der Waals surface area contributed by atoms with Gasteiger partial charge in [0, 0.05) is 26.2 Å². The summed E-state index contributed by atoms with van der Waals surface area (Å²) in [6.07, 6.45) is 0. The summed E-state index contributed by atoms with van der Waals surface area (Å²) in [5.41, 5.74) is 1.95. The zero-order chi connectivity index (χ0) is 24.5. The summed E-state index contributed by atoms with van der Waals surface area (Å²) in [6.45, 7) is 4.24. The molecule has 9 heteroatoms. The maximum atomic E-state index is 13.1. The minimum Gasteiger partial charge on any atom is -0.350 e. The van der Waals surface area contributed by atoms with Crippen LogP contribution in [-0.2, 0) is 24.4 Å². The first-order valence-corrected chi connectivity index (χ1v) is 10.9. The van der Waals surface area contributed by atoms with Crippen molar-refractivity contribution < 1.29 is 18.8 Å². The fourth-order valence-electron chi connectivity index (χ4n) is 3.79. The molecular weight excluding hydrogens is 437 g/mol. The lowest BCUT2D eigenvalue weighted by Gasteiger charge is -2.40. The van der Waals surface area contributed by atoms with Gasteiger partial charge < -0.3 is 15.5 Å². The molecule has 3 aromatic rings. The molecule has 0 fully saturated rings. The highest BCUT2D eigenvalue weighted by Crippen LogP contribution is 2.26. The van der Waals surface area contributed by atoms with Crippen LogP contribution in [0.1, 0.15) is 44.6 Å². The van der Waals surface area contributed by atoms with Crippen molar-refractivity contribution in [1.29, 1.82) is 0 Å². The van der Waals surface area contributed by atoms with Crippen LogP contribution in [0.3, 0.4) is 0 Å². The normalized spacial score (nSPS) is 17.3. The van der Waals surface area contributed by atoms with Gasteiger partial charge in [0.2, 0.25) is 5.91 Å². The number of likely N-dealkylation sites (N-methyl/N-ethyl adjacent to an activating group) is 1. The quantitative estimate of drug-likeness (QED) is 0.587. The summed E-state index contributed by atoms with van der Waals surface area (Å²) < 4.78 is 14.5. The molecule has 4 rings (SSSR count). The van der Waals surface area contributed by atoms with Gasteiger partial charge in [-0.25, -0.2) is 4.39 Å². The first-order chi connectivity index (χ1) is 16.2. The fourth-order valence-corrected chi connectivity index (χ4v) is 3.79. The number of benzene rings is 2. The molecule has 34 heavy (non-hydrogen) atoms. The molecule has 8 nitrogen and oxygen atoms in total. The van der Waals surface area contributed by atoms with Crippen molar-refractivity contribution >= 4 is 17.7 Å². The highest BCUT2D eigenvalue weighted by molar-refractivity contribution is 6.01. The summed E-state index contributed by atoms with van der Waals surface area (Å²) in [7, 11) is 1.55. The standard InChI is InChI=1S/C25H26FN5O3/c1-16-4-6-17(7-5-16)13-27-22(32)20-12-21-23(33)30(3)25(2,15-31(21)29-20)24(34)28-14-18-8-10-19(26)11-9-18/h4-12H,13-15H2,1-3H3,(H,27,32)(H,28,34)/t25-/m1/s1. The van der Waals surface area contributed by atoms with Gasteiger partial charge in [0.1, 0.15) is 17.1 Å². The second-order valence-electron chi connectivity index (χ2n) is 8.69. The number of hydrogen-bond donors (Lipinski definition) is 2. The Morgan fingerprint density at radius 2 is 1.62 bits per heavy atom. The number of nitrogens with zero attached hydrogens (tertiary/aromatic N) is 3. The Morgan fingerprint density at radius 1 is 1.03 bits per heavy atom. The lowest BCUT2D eigenvalue weighted by atomic mass is 9.96. The van der Waals surface area contributed by atoms with Crippen LogP contribution in [0.15, 0.2) is 54.6 Å². The minimum absolute atomic E-state index is 0.0884. The average molecular weight is 464 g/mol. The predicted molar refractivity (Wildman–Crippen MR) is 123 cm³/mol. The van der Waals surface area contributed by atoms with Crippen LogP contribution in [0, 0.1) is 12.7 Å². The van der Waals surface area contributed by atoms with Gasteiger partial charge in [-0.15, -0.1) is 0 Å². The molecule has 0 spiro atoms. The van der Waals surface area contributed by atoms with E-state index in [-0.39, 0.29) is 36.2 Å². The van der Waals surface area contributed by atoms with Gasteiger partial charge in [0.15, 0.2) is 5.69 Å². The van der Waals surface area contributed by atoms with Gasteiger partial charge in [-0.1, -0.05) is 42.0 Å². The summed E-state index contributed by atoms with van der Waals surface area (Å²) in [5.74, 6) is -1.54. The van der Waals surface area contributed by atoms with Crippen LogP contribution in [0.25, 0.3) is 0 Å². The van der Waals surface area contributed by atoms with E-state index < -0.39 is 17.4 Å². The van der Waals surface area contributed by atoms with E-state index in [1.165, 1.54) is 27.8 Å². The first-order valence-electron chi connectivity index (χ1n) is 10.9. The monoisotopic (exact) mass is 463 g/mol. The molecule has 2 aromatic carbocycles. The van der Waals surface area contributed by atoms with Gasteiger partial charge in [0.05, 0.1) is 6.54 Å². The lowest BCUT2D eigenvalue weighted by molar-refractivity contribution is -0.132. The Balaban J connectivity index is 1.46. The number of carbonyl (C=O) groups excluding carboxylic acids is 3. The Labute approximate surface area is 196 Å². The van der Waals surface area contributed by atoms with Crippen molar-refractivity contribution in [2.75, 3.05) is 7.05 Å². The number of amides is 3. The molecule has 3 amide bonds. The highest BCUT2D eigenvalue weighted by Gasteiger charge is 2.46. The number of aromatic nitrogens is 2. The van der Waals surface area contributed by atoms with Gasteiger partial charge >= 0.3 is 0 Å². The third kappa shape index (κ3) is 4.54. The van der Waals surface area contributed by atoms with E-state index in [0.29, 0.717) is 6.54 Å². The molecule has 1 aromatic heterocycles. The van der Waals surface area contributed by atoms with Crippen molar-refractivity contribution in [2.45, 2.75) is 39.0 Å². The van der Waals surface area contributed by atoms with Crippen LogP contribution < -0.4 is 10.6 Å². The first kappa shape index (κ1) is 23.2. The number of halogens is 1. The summed E-state index contributed by atoms with van der Waals surface area (Å²) in [4.78, 5) is 40.1. The molecule has 0 aliphatic carbocycles. The molecule has 0 radical (unpaired) electrons. The molecule has 0 unspecified atom stereocenters. The maximum Gasteiger partial charge on any atom is 0.272 e. The van der Waals surface area contributed by atoms with E-state index in [4.69, 9.17) is 0 Å². The zero-order valence-electron chi connectivity index (χ0n) is 19.3. The van der Waals surface area contributed by atoms with E-state index in [2.05, 4.69) is 15.7 Å². The minimum atomic E-state index is -1.22. The molecule has 0 saturated heterocycles. The molecule has 1 atom stereocenters. The molecule has 176 valence electrons. The van der Waals surface area contributed by atoms with Gasteiger partial charge in [-0.05, 0) is 37.1 Å². The van der Waals surface area contributed by atoms with Gasteiger partial charge in [0.25, 0.3) is 11.8 Å². The molecule has 2 heterocycles. The summed E-state index contributed by atoms with van der Waals surface area (Å²) in [6, 6.07) is 15.0. The van der Waals surface area contributed by atoms with E-state index in [1.54, 1.807) is 26.1 Å². The third-order valence-corrected chi connectivity index (χ3v) is 6.16. The van der Waals surface area contributed by atoms with E-state index in [1.807, 2.05) is 31.2 Å². The Morgan fingerprint density at radius 3 is 2.26 bits per heavy atom. The molecule has 1 aliphatic rings.